The van der Waals surface area contributed by atoms with Crippen LogP contribution >= 0.6 is 0 Å². The third-order valence-corrected chi connectivity index (χ3v) is 1.21. The van der Waals surface area contributed by atoms with E-state index in [2.05, 4.69) is 0 Å². The largest absolute Gasteiger partial charge is 1.00 e. The molecular formula is C9H9NaO. The molecule has 1 rings (SSSR count). The van der Waals surface area contributed by atoms with E-state index >= 15 is 0 Å². The first-order valence-corrected chi connectivity index (χ1v) is 3.23. The van der Waals surface area contributed by atoms with Crippen molar-refractivity contribution in [2.45, 2.75) is 0 Å². The average molecular weight is 156 g/mol. The Bertz CT molecular complexity index is 206. The van der Waals surface area contributed by atoms with E-state index in [0.717, 1.165) is 5.56 Å². The summed E-state index contributed by atoms with van der Waals surface area (Å²) in [7, 11) is 0. The predicted molar refractivity (Wildman–Crippen MR) is 40.3 cm³/mol. The van der Waals surface area contributed by atoms with Gasteiger partial charge in [0.25, 0.3) is 0 Å². The minimum Gasteiger partial charge on any atom is -0.851 e. The van der Waals surface area contributed by atoms with Crippen LogP contribution in [0.15, 0.2) is 36.4 Å². The minimum atomic E-state index is -0.144. The number of hydrogen-bond donors (Lipinski definition) is 0. The van der Waals surface area contributed by atoms with E-state index in [1.807, 2.05) is 36.4 Å². The zero-order chi connectivity index (χ0) is 7.23. The normalized spacial score (nSPS) is 9.55. The van der Waals surface area contributed by atoms with Gasteiger partial charge in [-0.25, -0.2) is 0 Å². The van der Waals surface area contributed by atoms with Crippen LogP contribution in [0.2, 0.25) is 0 Å². The van der Waals surface area contributed by atoms with Crippen LogP contribution in [0.25, 0.3) is 6.08 Å². The van der Waals surface area contributed by atoms with Gasteiger partial charge in [0.2, 0.25) is 0 Å². The van der Waals surface area contributed by atoms with Gasteiger partial charge in [-0.15, -0.1) is 12.7 Å². The molecule has 52 valence electrons. The maximum Gasteiger partial charge on any atom is 1.00 e. The molecule has 0 bridgehead atoms. The zero-order valence-electron chi connectivity index (χ0n) is 6.66. The molecule has 11 heavy (non-hydrogen) atoms. The summed E-state index contributed by atoms with van der Waals surface area (Å²) >= 11 is 0. The van der Waals surface area contributed by atoms with Crippen LogP contribution < -0.4 is 34.7 Å². The Kier molecular flexibility index (Phi) is 6.57. The van der Waals surface area contributed by atoms with Crippen molar-refractivity contribution in [1.82, 2.24) is 0 Å². The molecule has 1 aromatic rings. The summed E-state index contributed by atoms with van der Waals surface area (Å²) < 4.78 is 0. The Morgan fingerprint density at radius 2 is 1.82 bits per heavy atom. The Labute approximate surface area is 89.0 Å². The Balaban J connectivity index is 0.000001000. The van der Waals surface area contributed by atoms with E-state index in [9.17, 15) is 5.11 Å². The Hall–Kier alpha value is -0.0800. The molecule has 0 aliphatic carbocycles. The van der Waals surface area contributed by atoms with Crippen molar-refractivity contribution < 1.29 is 34.7 Å². The van der Waals surface area contributed by atoms with E-state index in [0.29, 0.717) is 0 Å². The van der Waals surface area contributed by atoms with E-state index in [-0.39, 0.29) is 36.2 Å². The summed E-state index contributed by atoms with van der Waals surface area (Å²) in [6.45, 7) is -0.144. The van der Waals surface area contributed by atoms with E-state index in [4.69, 9.17) is 0 Å². The van der Waals surface area contributed by atoms with Crippen LogP contribution in [0.4, 0.5) is 0 Å². The van der Waals surface area contributed by atoms with Crippen LogP contribution in [-0.4, -0.2) is 6.61 Å². The topological polar surface area (TPSA) is 23.1 Å². The van der Waals surface area contributed by atoms with Crippen molar-refractivity contribution in [2.75, 3.05) is 6.61 Å². The molecule has 0 saturated heterocycles. The van der Waals surface area contributed by atoms with Crippen LogP contribution in [0.1, 0.15) is 5.56 Å². The Morgan fingerprint density at radius 3 is 2.36 bits per heavy atom. The summed E-state index contributed by atoms with van der Waals surface area (Å²) in [6.07, 6.45) is 3.43. The molecule has 1 aromatic carbocycles. The summed E-state index contributed by atoms with van der Waals surface area (Å²) in [5, 5.41) is 10.0. The molecule has 0 aliphatic heterocycles. The summed E-state index contributed by atoms with van der Waals surface area (Å²) in [4.78, 5) is 0. The molecule has 0 aliphatic rings. The van der Waals surface area contributed by atoms with E-state index in [1.165, 1.54) is 0 Å². The van der Waals surface area contributed by atoms with Crippen LogP contribution in [0.3, 0.4) is 0 Å². The molecule has 1 nitrogen and oxygen atoms in total. The Morgan fingerprint density at radius 1 is 1.18 bits per heavy atom. The zero-order valence-corrected chi connectivity index (χ0v) is 8.66. The third kappa shape index (κ3) is 4.38. The van der Waals surface area contributed by atoms with Gasteiger partial charge in [-0.2, -0.15) is 0 Å². The monoisotopic (exact) mass is 156 g/mol. The van der Waals surface area contributed by atoms with E-state index in [1.54, 1.807) is 6.08 Å². The quantitative estimate of drug-likeness (QED) is 0.457. The smallest absolute Gasteiger partial charge is 0.851 e. The second-order valence-electron chi connectivity index (χ2n) is 1.98. The first-order valence-electron chi connectivity index (χ1n) is 3.23. The number of rotatable bonds is 2. The van der Waals surface area contributed by atoms with Crippen molar-refractivity contribution in [2.24, 2.45) is 0 Å². The third-order valence-electron chi connectivity index (χ3n) is 1.21. The molecule has 0 fully saturated rings. The number of hydrogen-bond acceptors (Lipinski definition) is 1. The van der Waals surface area contributed by atoms with Gasteiger partial charge in [0.1, 0.15) is 0 Å². The molecule has 2 heteroatoms. The van der Waals surface area contributed by atoms with Gasteiger partial charge in [-0.05, 0) is 5.56 Å². The molecule has 0 unspecified atom stereocenters. The van der Waals surface area contributed by atoms with Gasteiger partial charge in [-0.3, -0.25) is 0 Å². The first-order chi connectivity index (χ1) is 4.93. The van der Waals surface area contributed by atoms with Crippen molar-refractivity contribution in [1.29, 1.82) is 0 Å². The fourth-order valence-corrected chi connectivity index (χ4v) is 0.748. The SMILES string of the molecule is [Na+].[O-]C/C=C/c1ccccc1. The van der Waals surface area contributed by atoms with Gasteiger partial charge >= 0.3 is 29.6 Å². The molecule has 0 aromatic heterocycles. The van der Waals surface area contributed by atoms with Crippen LogP contribution in [0.5, 0.6) is 0 Å². The summed E-state index contributed by atoms with van der Waals surface area (Å²) in [5.74, 6) is 0. The van der Waals surface area contributed by atoms with E-state index < -0.39 is 0 Å². The molecular weight excluding hydrogens is 147 g/mol. The van der Waals surface area contributed by atoms with Gasteiger partial charge in [0.05, 0.1) is 0 Å². The molecule has 0 saturated carbocycles. The number of benzene rings is 1. The maximum atomic E-state index is 10.0. The molecule has 0 atom stereocenters. The molecule has 0 heterocycles. The minimum absolute atomic E-state index is 0. The van der Waals surface area contributed by atoms with Gasteiger partial charge < -0.3 is 5.11 Å². The fourth-order valence-electron chi connectivity index (χ4n) is 0.748. The van der Waals surface area contributed by atoms with Gasteiger partial charge in [0, 0.05) is 0 Å². The second kappa shape index (κ2) is 6.62. The van der Waals surface area contributed by atoms with Crippen molar-refractivity contribution in [3.8, 4) is 0 Å². The average Bonchev–Trinajstić information content (AvgIpc) is 2.03. The van der Waals surface area contributed by atoms with Crippen molar-refractivity contribution in [3.63, 3.8) is 0 Å². The van der Waals surface area contributed by atoms with Crippen LogP contribution in [0, 0.1) is 0 Å². The first kappa shape index (κ1) is 10.9. The second-order valence-corrected chi connectivity index (χ2v) is 1.98. The predicted octanol–water partition coefficient (Wildman–Crippen LogP) is -1.94. The summed E-state index contributed by atoms with van der Waals surface area (Å²) in [5.41, 5.74) is 1.08. The molecule has 0 amide bonds. The molecule has 0 radical (unpaired) electrons. The maximum absolute atomic E-state index is 10.0. The van der Waals surface area contributed by atoms with Gasteiger partial charge in [-0.1, -0.05) is 36.4 Å². The fraction of sp³-hybridized carbons (Fsp3) is 0.111. The van der Waals surface area contributed by atoms with Crippen LogP contribution in [-0.2, 0) is 0 Å². The molecule has 0 spiro atoms. The molecule has 0 N–H and O–H groups in total. The summed E-state index contributed by atoms with van der Waals surface area (Å²) in [6, 6.07) is 9.78. The van der Waals surface area contributed by atoms with Crippen molar-refractivity contribution in [3.05, 3.63) is 42.0 Å². The van der Waals surface area contributed by atoms with Crippen molar-refractivity contribution >= 4 is 6.08 Å². The van der Waals surface area contributed by atoms with Gasteiger partial charge in [0.15, 0.2) is 0 Å². The standard InChI is InChI=1S/C9H9O.Na/c10-8-4-7-9-5-2-1-3-6-9;/h1-7H,8H2;/q-1;+1/b7-4+;.